The zero-order valence-electron chi connectivity index (χ0n) is 10.2. The van der Waals surface area contributed by atoms with Crippen molar-refractivity contribution in [2.75, 3.05) is 20.1 Å². The van der Waals surface area contributed by atoms with E-state index in [0.717, 1.165) is 19.5 Å². The molecule has 1 aromatic carbocycles. The van der Waals surface area contributed by atoms with Gasteiger partial charge in [-0.3, -0.25) is 0 Å². The maximum Gasteiger partial charge on any atom is 0.149 e. The van der Waals surface area contributed by atoms with E-state index in [-0.39, 0.29) is 5.02 Å². The highest BCUT2D eigenvalue weighted by Gasteiger charge is 2.34. The van der Waals surface area contributed by atoms with Gasteiger partial charge in [0.2, 0.25) is 0 Å². The van der Waals surface area contributed by atoms with Crippen LogP contribution in [0.2, 0.25) is 5.02 Å². The normalized spacial score (nSPS) is 26.1. The second kappa shape index (κ2) is 5.45. The van der Waals surface area contributed by atoms with Crippen LogP contribution in [0.15, 0.2) is 16.6 Å². The van der Waals surface area contributed by atoms with Crippen LogP contribution in [0.4, 0.5) is 4.39 Å². The molecule has 1 N–H and O–H groups in total. The fourth-order valence-electron chi connectivity index (χ4n) is 2.41. The van der Waals surface area contributed by atoms with Crippen molar-refractivity contribution in [3.05, 3.63) is 33.0 Å². The molecule has 0 radical (unpaired) electrons. The highest BCUT2D eigenvalue weighted by atomic mass is 79.9. The molecule has 1 saturated heterocycles. The molecule has 0 saturated carbocycles. The van der Waals surface area contributed by atoms with Crippen molar-refractivity contribution in [3.8, 4) is 0 Å². The fourth-order valence-corrected chi connectivity index (χ4v) is 2.88. The summed E-state index contributed by atoms with van der Waals surface area (Å²) in [7, 11) is 2.01. The molecule has 0 bridgehead atoms. The molecule has 5 heteroatoms. The molecule has 1 atom stereocenters. The maximum absolute atomic E-state index is 14.2. The van der Waals surface area contributed by atoms with Gasteiger partial charge in [-0.05, 0) is 54.9 Å². The zero-order valence-corrected chi connectivity index (χ0v) is 12.6. The van der Waals surface area contributed by atoms with Gasteiger partial charge in [-0.2, -0.15) is 0 Å². The molecule has 1 heterocycles. The predicted molar refractivity (Wildman–Crippen MR) is 74.4 cm³/mol. The van der Waals surface area contributed by atoms with Gasteiger partial charge in [0.05, 0.1) is 10.6 Å². The highest BCUT2D eigenvalue weighted by Crippen LogP contribution is 2.38. The molecular weight excluding hydrogens is 321 g/mol. The lowest BCUT2D eigenvalue weighted by Gasteiger charge is -2.28. The van der Waals surface area contributed by atoms with Crippen molar-refractivity contribution in [3.63, 3.8) is 0 Å². The Hall–Kier alpha value is -0.160. The van der Waals surface area contributed by atoms with Crippen molar-refractivity contribution in [1.82, 2.24) is 4.90 Å². The minimum Gasteiger partial charge on any atom is -0.385 e. The molecule has 0 aliphatic carbocycles. The van der Waals surface area contributed by atoms with Crippen molar-refractivity contribution in [2.24, 2.45) is 0 Å². The number of likely N-dealkylation sites (tertiary alicyclic amines) is 1. The summed E-state index contributed by atoms with van der Waals surface area (Å²) in [6.07, 6.45) is 1.94. The van der Waals surface area contributed by atoms with Crippen LogP contribution in [0, 0.1) is 5.82 Å². The lowest BCUT2D eigenvalue weighted by Crippen LogP contribution is -2.29. The minimum atomic E-state index is -1.11. The minimum absolute atomic E-state index is 0.0403. The average Bonchev–Trinajstić information content (AvgIpc) is 2.49. The van der Waals surface area contributed by atoms with Gasteiger partial charge in [-0.25, -0.2) is 4.39 Å². The Labute approximate surface area is 120 Å². The molecule has 0 spiro atoms. The predicted octanol–water partition coefficient (Wildman–Crippen LogP) is 3.54. The standard InChI is InChI=1S/C13H16BrClFNO/c1-17-7-2-5-13(18,6-8-17)9-3-4-10(14)11(15)12(9)16/h3-4,18H,2,5-8H2,1H3. The molecule has 1 aromatic rings. The first-order chi connectivity index (χ1) is 8.44. The first-order valence-corrected chi connectivity index (χ1v) is 7.16. The van der Waals surface area contributed by atoms with Crippen LogP contribution in [0.25, 0.3) is 0 Å². The van der Waals surface area contributed by atoms with Gasteiger partial charge in [0.1, 0.15) is 5.82 Å². The van der Waals surface area contributed by atoms with Gasteiger partial charge in [0.15, 0.2) is 0 Å². The zero-order chi connectivity index (χ0) is 13.3. The number of hydrogen-bond donors (Lipinski definition) is 1. The molecule has 0 aromatic heterocycles. The van der Waals surface area contributed by atoms with E-state index in [1.807, 2.05) is 7.05 Å². The van der Waals surface area contributed by atoms with Crippen LogP contribution in [0.3, 0.4) is 0 Å². The summed E-state index contributed by atoms with van der Waals surface area (Å²) in [4.78, 5) is 2.15. The van der Waals surface area contributed by atoms with E-state index in [0.29, 0.717) is 22.9 Å². The topological polar surface area (TPSA) is 23.5 Å². The van der Waals surface area contributed by atoms with Crippen LogP contribution in [0.5, 0.6) is 0 Å². The smallest absolute Gasteiger partial charge is 0.149 e. The Morgan fingerprint density at radius 3 is 2.83 bits per heavy atom. The Morgan fingerprint density at radius 2 is 2.11 bits per heavy atom. The molecule has 0 amide bonds. The van der Waals surface area contributed by atoms with Crippen molar-refractivity contribution in [2.45, 2.75) is 24.9 Å². The van der Waals surface area contributed by atoms with Crippen molar-refractivity contribution in [1.29, 1.82) is 0 Å². The summed E-state index contributed by atoms with van der Waals surface area (Å²) in [6, 6.07) is 3.31. The number of hydrogen-bond acceptors (Lipinski definition) is 2. The quantitative estimate of drug-likeness (QED) is 0.793. The number of halogens is 3. The summed E-state index contributed by atoms with van der Waals surface area (Å²) >= 11 is 9.08. The molecule has 1 fully saturated rings. The van der Waals surface area contributed by atoms with Gasteiger partial charge >= 0.3 is 0 Å². The molecular formula is C13H16BrClFNO. The summed E-state index contributed by atoms with van der Waals surface area (Å²) in [6.45, 7) is 1.68. The van der Waals surface area contributed by atoms with E-state index in [4.69, 9.17) is 11.6 Å². The Kier molecular flexibility index (Phi) is 4.32. The van der Waals surface area contributed by atoms with E-state index in [2.05, 4.69) is 20.8 Å². The van der Waals surface area contributed by atoms with E-state index < -0.39 is 11.4 Å². The summed E-state index contributed by atoms with van der Waals surface area (Å²) in [5.41, 5.74) is -0.801. The molecule has 18 heavy (non-hydrogen) atoms. The van der Waals surface area contributed by atoms with Crippen LogP contribution in [0.1, 0.15) is 24.8 Å². The molecule has 100 valence electrons. The average molecular weight is 337 g/mol. The van der Waals surface area contributed by atoms with Gasteiger partial charge < -0.3 is 10.0 Å². The largest absolute Gasteiger partial charge is 0.385 e. The third kappa shape index (κ3) is 2.72. The van der Waals surface area contributed by atoms with Crippen molar-refractivity contribution < 1.29 is 9.50 Å². The van der Waals surface area contributed by atoms with Gasteiger partial charge in [-0.1, -0.05) is 17.7 Å². The molecule has 2 nitrogen and oxygen atoms in total. The summed E-state index contributed by atoms with van der Waals surface area (Å²) in [5, 5.41) is 10.7. The van der Waals surface area contributed by atoms with E-state index >= 15 is 0 Å². The Morgan fingerprint density at radius 1 is 1.39 bits per heavy atom. The Bertz CT molecular complexity index is 457. The second-order valence-corrected chi connectivity index (χ2v) is 6.14. The van der Waals surface area contributed by atoms with Crippen LogP contribution in [-0.4, -0.2) is 30.1 Å². The summed E-state index contributed by atoms with van der Waals surface area (Å²) in [5.74, 6) is -0.516. The molecule has 1 aliphatic heterocycles. The monoisotopic (exact) mass is 335 g/mol. The second-order valence-electron chi connectivity index (χ2n) is 4.91. The fraction of sp³-hybridized carbons (Fsp3) is 0.538. The number of aliphatic hydroxyl groups is 1. The van der Waals surface area contributed by atoms with Crippen LogP contribution in [-0.2, 0) is 5.60 Å². The summed E-state index contributed by atoms with van der Waals surface area (Å²) < 4.78 is 14.7. The lowest BCUT2D eigenvalue weighted by molar-refractivity contribution is 0.0184. The van der Waals surface area contributed by atoms with E-state index in [1.165, 1.54) is 0 Å². The van der Waals surface area contributed by atoms with Crippen LogP contribution < -0.4 is 0 Å². The highest BCUT2D eigenvalue weighted by molar-refractivity contribution is 9.10. The number of rotatable bonds is 1. The maximum atomic E-state index is 14.2. The first-order valence-electron chi connectivity index (χ1n) is 5.99. The number of benzene rings is 1. The third-order valence-corrected chi connectivity index (χ3v) is 4.83. The van der Waals surface area contributed by atoms with E-state index in [1.54, 1.807) is 12.1 Å². The Balaban J connectivity index is 2.37. The van der Waals surface area contributed by atoms with Crippen LogP contribution >= 0.6 is 27.5 Å². The lowest BCUT2D eigenvalue weighted by atomic mass is 9.86. The van der Waals surface area contributed by atoms with Gasteiger partial charge in [0.25, 0.3) is 0 Å². The molecule has 1 aliphatic rings. The number of nitrogens with zero attached hydrogens (tertiary/aromatic N) is 1. The third-order valence-electron chi connectivity index (χ3n) is 3.57. The van der Waals surface area contributed by atoms with Crippen molar-refractivity contribution >= 4 is 27.5 Å². The van der Waals surface area contributed by atoms with E-state index in [9.17, 15) is 9.50 Å². The first kappa shape index (κ1) is 14.3. The van der Waals surface area contributed by atoms with Gasteiger partial charge in [0, 0.05) is 16.6 Å². The molecule has 1 unspecified atom stereocenters. The molecule has 2 rings (SSSR count). The SMILES string of the molecule is CN1CCCC(O)(c2ccc(Br)c(Cl)c2F)CC1. The van der Waals surface area contributed by atoms with Gasteiger partial charge in [-0.15, -0.1) is 0 Å².